The van der Waals surface area contributed by atoms with Crippen molar-refractivity contribution in [3.05, 3.63) is 29.5 Å². The molecule has 3 nitrogen and oxygen atoms in total. The smallest absolute Gasteiger partial charge is 0.0731 e. The van der Waals surface area contributed by atoms with Gasteiger partial charge in [0.1, 0.15) is 0 Å². The molecule has 0 saturated carbocycles. The quantitative estimate of drug-likeness (QED) is 0.840. The normalized spacial score (nSPS) is 13.6. The van der Waals surface area contributed by atoms with Crippen LogP contribution in [0.2, 0.25) is 0 Å². The summed E-state index contributed by atoms with van der Waals surface area (Å²) in [6.07, 6.45) is 0. The zero-order chi connectivity index (χ0) is 11.9. The molecule has 16 heavy (non-hydrogen) atoms. The van der Waals surface area contributed by atoms with Crippen LogP contribution in [-0.4, -0.2) is 9.78 Å². The van der Waals surface area contributed by atoms with Gasteiger partial charge in [0, 0.05) is 18.5 Å². The number of aromatic nitrogens is 2. The summed E-state index contributed by atoms with van der Waals surface area (Å²) in [4.78, 5) is 0. The first-order chi connectivity index (χ1) is 7.52. The van der Waals surface area contributed by atoms with Crippen LogP contribution in [0.3, 0.4) is 0 Å². The SMILES string of the molecule is CC(C)c1nn(C)c2cccc(C(C)N)c12. The van der Waals surface area contributed by atoms with Crippen molar-refractivity contribution in [1.82, 2.24) is 9.78 Å². The minimum atomic E-state index is 0.0467. The summed E-state index contributed by atoms with van der Waals surface area (Å²) in [6, 6.07) is 6.29. The molecule has 0 aliphatic heterocycles. The Labute approximate surface area is 96.2 Å². The summed E-state index contributed by atoms with van der Waals surface area (Å²) in [5.41, 5.74) is 9.52. The first-order valence-electron chi connectivity index (χ1n) is 5.73. The molecule has 0 aliphatic carbocycles. The van der Waals surface area contributed by atoms with Gasteiger partial charge < -0.3 is 5.73 Å². The van der Waals surface area contributed by atoms with Crippen LogP contribution in [0.4, 0.5) is 0 Å². The minimum Gasteiger partial charge on any atom is -0.324 e. The molecule has 3 heteroatoms. The Balaban J connectivity index is 2.83. The molecule has 1 atom stereocenters. The van der Waals surface area contributed by atoms with Gasteiger partial charge in [-0.25, -0.2) is 0 Å². The van der Waals surface area contributed by atoms with Gasteiger partial charge in [-0.3, -0.25) is 4.68 Å². The average Bonchev–Trinajstić information content (AvgIpc) is 2.56. The number of hydrogen-bond acceptors (Lipinski definition) is 2. The molecule has 0 aliphatic rings. The van der Waals surface area contributed by atoms with Crippen molar-refractivity contribution in [3.63, 3.8) is 0 Å². The van der Waals surface area contributed by atoms with Gasteiger partial charge in [-0.05, 0) is 24.5 Å². The molecule has 2 N–H and O–H groups in total. The van der Waals surface area contributed by atoms with E-state index >= 15 is 0 Å². The zero-order valence-electron chi connectivity index (χ0n) is 10.4. The summed E-state index contributed by atoms with van der Waals surface area (Å²) in [6.45, 7) is 6.35. The maximum Gasteiger partial charge on any atom is 0.0731 e. The number of nitrogens with zero attached hydrogens (tertiary/aromatic N) is 2. The maximum atomic E-state index is 6.02. The Hall–Kier alpha value is -1.35. The van der Waals surface area contributed by atoms with Crippen LogP contribution in [-0.2, 0) is 7.05 Å². The molecule has 1 aromatic heterocycles. The van der Waals surface area contributed by atoms with Gasteiger partial charge in [-0.1, -0.05) is 26.0 Å². The average molecular weight is 217 g/mol. The molecule has 0 saturated heterocycles. The number of nitrogens with two attached hydrogens (primary N) is 1. The van der Waals surface area contributed by atoms with Crippen molar-refractivity contribution >= 4 is 10.9 Å². The van der Waals surface area contributed by atoms with Crippen molar-refractivity contribution in [2.45, 2.75) is 32.7 Å². The number of hydrogen-bond donors (Lipinski definition) is 1. The van der Waals surface area contributed by atoms with E-state index in [1.165, 1.54) is 16.5 Å². The van der Waals surface area contributed by atoms with Gasteiger partial charge in [0.25, 0.3) is 0 Å². The largest absolute Gasteiger partial charge is 0.324 e. The molecule has 1 unspecified atom stereocenters. The molecule has 0 bridgehead atoms. The lowest BCUT2D eigenvalue weighted by Crippen LogP contribution is -2.06. The van der Waals surface area contributed by atoms with Crippen LogP contribution < -0.4 is 5.73 Å². The Morgan fingerprint density at radius 1 is 1.25 bits per heavy atom. The highest BCUT2D eigenvalue weighted by molar-refractivity contribution is 5.86. The molecular formula is C13H19N3. The van der Waals surface area contributed by atoms with E-state index in [-0.39, 0.29) is 6.04 Å². The molecule has 2 rings (SSSR count). The molecule has 86 valence electrons. The van der Waals surface area contributed by atoms with E-state index in [1.54, 1.807) is 0 Å². The fraction of sp³-hybridized carbons (Fsp3) is 0.462. The molecule has 1 heterocycles. The second kappa shape index (κ2) is 3.91. The second-order valence-electron chi connectivity index (χ2n) is 4.69. The first-order valence-corrected chi connectivity index (χ1v) is 5.73. The van der Waals surface area contributed by atoms with E-state index in [0.29, 0.717) is 5.92 Å². The highest BCUT2D eigenvalue weighted by Gasteiger charge is 2.16. The number of aryl methyl sites for hydroxylation is 1. The fourth-order valence-corrected chi connectivity index (χ4v) is 2.16. The number of rotatable bonds is 2. The number of fused-ring (bicyclic) bond motifs is 1. The van der Waals surface area contributed by atoms with Crippen molar-refractivity contribution < 1.29 is 0 Å². The van der Waals surface area contributed by atoms with Crippen LogP contribution in [0.1, 0.15) is 44.0 Å². The van der Waals surface area contributed by atoms with Gasteiger partial charge in [0.05, 0.1) is 11.2 Å². The standard InChI is InChI=1S/C13H19N3/c1-8(2)13-12-10(9(3)14)6-5-7-11(12)16(4)15-13/h5-9H,14H2,1-4H3. The highest BCUT2D eigenvalue weighted by Crippen LogP contribution is 2.29. The lowest BCUT2D eigenvalue weighted by molar-refractivity contribution is 0.728. The molecular weight excluding hydrogens is 198 g/mol. The molecule has 2 aromatic rings. The van der Waals surface area contributed by atoms with E-state index in [1.807, 2.05) is 24.7 Å². The lowest BCUT2D eigenvalue weighted by Gasteiger charge is -2.09. The van der Waals surface area contributed by atoms with Gasteiger partial charge in [0.15, 0.2) is 0 Å². The predicted molar refractivity (Wildman–Crippen MR) is 67.4 cm³/mol. The lowest BCUT2D eigenvalue weighted by atomic mass is 9.98. The summed E-state index contributed by atoms with van der Waals surface area (Å²) in [5.74, 6) is 0.420. The van der Waals surface area contributed by atoms with Gasteiger partial charge in [-0.2, -0.15) is 5.10 Å². The van der Waals surface area contributed by atoms with E-state index in [2.05, 4.69) is 31.1 Å². The third-order valence-electron chi connectivity index (χ3n) is 2.97. The van der Waals surface area contributed by atoms with Gasteiger partial charge >= 0.3 is 0 Å². The van der Waals surface area contributed by atoms with E-state index in [4.69, 9.17) is 5.73 Å². The summed E-state index contributed by atoms with van der Waals surface area (Å²) >= 11 is 0. The molecule has 0 radical (unpaired) electrons. The Bertz CT molecular complexity index is 509. The highest BCUT2D eigenvalue weighted by atomic mass is 15.3. The summed E-state index contributed by atoms with van der Waals surface area (Å²) < 4.78 is 1.94. The second-order valence-corrected chi connectivity index (χ2v) is 4.69. The van der Waals surface area contributed by atoms with Crippen LogP contribution in [0.15, 0.2) is 18.2 Å². The molecule has 0 amide bonds. The number of benzene rings is 1. The Morgan fingerprint density at radius 3 is 2.50 bits per heavy atom. The van der Waals surface area contributed by atoms with E-state index < -0.39 is 0 Å². The van der Waals surface area contributed by atoms with Crippen molar-refractivity contribution in [2.75, 3.05) is 0 Å². The third-order valence-corrected chi connectivity index (χ3v) is 2.97. The molecule has 0 fully saturated rings. The Morgan fingerprint density at radius 2 is 1.94 bits per heavy atom. The zero-order valence-corrected chi connectivity index (χ0v) is 10.4. The molecule has 1 aromatic carbocycles. The first kappa shape index (κ1) is 11.1. The van der Waals surface area contributed by atoms with E-state index in [0.717, 1.165) is 5.69 Å². The van der Waals surface area contributed by atoms with Crippen LogP contribution >= 0.6 is 0 Å². The van der Waals surface area contributed by atoms with E-state index in [9.17, 15) is 0 Å². The predicted octanol–water partition coefficient (Wildman–Crippen LogP) is 2.72. The van der Waals surface area contributed by atoms with Crippen molar-refractivity contribution in [1.29, 1.82) is 0 Å². The van der Waals surface area contributed by atoms with Crippen molar-refractivity contribution in [3.8, 4) is 0 Å². The van der Waals surface area contributed by atoms with Crippen LogP contribution in [0.25, 0.3) is 10.9 Å². The third kappa shape index (κ3) is 1.61. The summed E-state index contributed by atoms with van der Waals surface area (Å²) in [7, 11) is 1.99. The topological polar surface area (TPSA) is 43.8 Å². The van der Waals surface area contributed by atoms with Gasteiger partial charge in [-0.15, -0.1) is 0 Å². The summed E-state index contributed by atoms with van der Waals surface area (Å²) in [5, 5.41) is 5.82. The molecule has 0 spiro atoms. The Kier molecular flexibility index (Phi) is 2.72. The minimum absolute atomic E-state index is 0.0467. The fourth-order valence-electron chi connectivity index (χ4n) is 2.16. The van der Waals surface area contributed by atoms with Gasteiger partial charge in [0.2, 0.25) is 0 Å². The maximum absolute atomic E-state index is 6.02. The monoisotopic (exact) mass is 217 g/mol. The van der Waals surface area contributed by atoms with Crippen LogP contribution in [0.5, 0.6) is 0 Å². The van der Waals surface area contributed by atoms with Crippen LogP contribution in [0, 0.1) is 0 Å². The van der Waals surface area contributed by atoms with Crippen molar-refractivity contribution in [2.24, 2.45) is 12.8 Å².